The van der Waals surface area contributed by atoms with Gasteiger partial charge < -0.3 is 5.32 Å². The summed E-state index contributed by atoms with van der Waals surface area (Å²) in [4.78, 5) is 17.0. The minimum atomic E-state index is -3.72. The van der Waals surface area contributed by atoms with Crippen molar-refractivity contribution in [3.63, 3.8) is 0 Å². The molecule has 3 rings (SSSR count). The molecule has 1 heterocycles. The highest BCUT2D eigenvalue weighted by atomic mass is 35.5. The Bertz CT molecular complexity index is 1280. The standard InChI is InChI=1S/C24H22ClN3O3S/c1-3-28(4-2)32(30,31)21-13-14-23(25)22(17-21)24(29)27-20-10-7-8-18(16-20)11-12-19-9-5-6-15-26-19/h5-10,13-17H,3-4H2,1-2H3,(H,27,29). The fourth-order valence-corrected chi connectivity index (χ4v) is 4.69. The number of rotatable bonds is 6. The zero-order valence-corrected chi connectivity index (χ0v) is 19.2. The first-order valence-corrected chi connectivity index (χ1v) is 11.8. The van der Waals surface area contributed by atoms with E-state index in [1.54, 1.807) is 44.3 Å². The van der Waals surface area contributed by atoms with E-state index in [9.17, 15) is 13.2 Å². The quantitative estimate of drug-likeness (QED) is 0.544. The maximum absolute atomic E-state index is 12.9. The average Bonchev–Trinajstić information content (AvgIpc) is 2.79. The minimum absolute atomic E-state index is 0.0192. The predicted molar refractivity (Wildman–Crippen MR) is 126 cm³/mol. The smallest absolute Gasteiger partial charge is 0.257 e. The monoisotopic (exact) mass is 467 g/mol. The molecule has 2 aromatic carbocycles. The molecule has 0 aliphatic heterocycles. The van der Waals surface area contributed by atoms with Gasteiger partial charge in [0.1, 0.15) is 5.69 Å². The van der Waals surface area contributed by atoms with Crippen molar-refractivity contribution in [1.82, 2.24) is 9.29 Å². The summed E-state index contributed by atoms with van der Waals surface area (Å²) in [6.45, 7) is 4.17. The van der Waals surface area contributed by atoms with E-state index in [2.05, 4.69) is 22.1 Å². The summed E-state index contributed by atoms with van der Waals surface area (Å²) in [5, 5.41) is 2.92. The van der Waals surface area contributed by atoms with Crippen molar-refractivity contribution < 1.29 is 13.2 Å². The second kappa shape index (κ2) is 10.4. The lowest BCUT2D eigenvalue weighted by atomic mass is 10.1. The average molecular weight is 468 g/mol. The number of anilines is 1. The van der Waals surface area contributed by atoms with E-state index in [1.165, 1.54) is 22.5 Å². The Kier molecular flexibility index (Phi) is 7.65. The Hall–Kier alpha value is -3.18. The number of hydrogen-bond donors (Lipinski definition) is 1. The zero-order chi connectivity index (χ0) is 23.1. The van der Waals surface area contributed by atoms with Crippen molar-refractivity contribution in [1.29, 1.82) is 0 Å². The van der Waals surface area contributed by atoms with Crippen LogP contribution in [0.1, 0.15) is 35.5 Å². The largest absolute Gasteiger partial charge is 0.322 e. The molecule has 0 atom stereocenters. The van der Waals surface area contributed by atoms with Crippen molar-refractivity contribution >= 4 is 33.2 Å². The van der Waals surface area contributed by atoms with E-state index in [0.717, 1.165) is 0 Å². The third-order valence-electron chi connectivity index (χ3n) is 4.65. The van der Waals surface area contributed by atoms with Crippen molar-refractivity contribution in [3.8, 4) is 11.8 Å². The van der Waals surface area contributed by atoms with Gasteiger partial charge >= 0.3 is 0 Å². The van der Waals surface area contributed by atoms with Crippen molar-refractivity contribution in [3.05, 3.63) is 88.7 Å². The van der Waals surface area contributed by atoms with Crippen molar-refractivity contribution in [2.24, 2.45) is 0 Å². The van der Waals surface area contributed by atoms with E-state index < -0.39 is 15.9 Å². The number of benzene rings is 2. The number of carbonyl (C=O) groups is 1. The minimum Gasteiger partial charge on any atom is -0.322 e. The highest BCUT2D eigenvalue weighted by molar-refractivity contribution is 7.89. The Balaban J connectivity index is 1.84. The van der Waals surface area contributed by atoms with Crippen LogP contribution in [0.5, 0.6) is 0 Å². The highest BCUT2D eigenvalue weighted by Crippen LogP contribution is 2.24. The van der Waals surface area contributed by atoms with Gasteiger partial charge in [-0.2, -0.15) is 4.31 Å². The zero-order valence-electron chi connectivity index (χ0n) is 17.7. The van der Waals surface area contributed by atoms with Crippen LogP contribution in [0.2, 0.25) is 5.02 Å². The molecule has 1 aromatic heterocycles. The summed E-state index contributed by atoms with van der Waals surface area (Å²) in [7, 11) is -3.72. The van der Waals surface area contributed by atoms with Crippen LogP contribution in [0.25, 0.3) is 0 Å². The fraction of sp³-hybridized carbons (Fsp3) is 0.167. The van der Waals surface area contributed by atoms with E-state index >= 15 is 0 Å². The topological polar surface area (TPSA) is 79.4 Å². The lowest BCUT2D eigenvalue weighted by molar-refractivity contribution is 0.102. The predicted octanol–water partition coefficient (Wildman–Crippen LogP) is 4.42. The molecule has 0 bridgehead atoms. The molecule has 32 heavy (non-hydrogen) atoms. The van der Waals surface area contributed by atoms with Gasteiger partial charge in [-0.15, -0.1) is 0 Å². The molecular weight excluding hydrogens is 446 g/mol. The second-order valence-corrected chi connectivity index (χ2v) is 9.08. The van der Waals surface area contributed by atoms with E-state index in [0.29, 0.717) is 30.0 Å². The highest BCUT2D eigenvalue weighted by Gasteiger charge is 2.24. The van der Waals surface area contributed by atoms with Crippen molar-refractivity contribution in [2.45, 2.75) is 18.7 Å². The third-order valence-corrected chi connectivity index (χ3v) is 7.02. The Morgan fingerprint density at radius 3 is 2.50 bits per heavy atom. The maximum Gasteiger partial charge on any atom is 0.257 e. The third kappa shape index (κ3) is 5.54. The molecular formula is C24H22ClN3O3S. The molecule has 164 valence electrons. The summed E-state index contributed by atoms with van der Waals surface area (Å²) >= 11 is 6.21. The van der Waals surface area contributed by atoms with Crippen LogP contribution in [0.4, 0.5) is 5.69 Å². The molecule has 0 radical (unpaired) electrons. The summed E-state index contributed by atoms with van der Waals surface area (Å²) < 4.78 is 26.9. The first-order chi connectivity index (χ1) is 15.3. The Morgan fingerprint density at radius 2 is 1.81 bits per heavy atom. The Labute approximate surface area is 193 Å². The summed E-state index contributed by atoms with van der Waals surface area (Å²) in [6, 6.07) is 16.6. The van der Waals surface area contributed by atoms with Gasteiger partial charge in [0.2, 0.25) is 10.0 Å². The first kappa shape index (κ1) is 23.5. The van der Waals surface area contributed by atoms with Gasteiger partial charge in [-0.1, -0.05) is 43.5 Å². The fourth-order valence-electron chi connectivity index (χ4n) is 3.00. The molecule has 8 heteroatoms. The number of halogens is 1. The number of pyridine rings is 1. The lowest BCUT2D eigenvalue weighted by Crippen LogP contribution is -2.30. The van der Waals surface area contributed by atoms with Crippen LogP contribution in [-0.4, -0.2) is 36.7 Å². The number of aromatic nitrogens is 1. The number of amides is 1. The lowest BCUT2D eigenvalue weighted by Gasteiger charge is -2.19. The number of nitrogens with one attached hydrogen (secondary N) is 1. The molecule has 0 aliphatic rings. The number of carbonyl (C=O) groups excluding carboxylic acids is 1. The van der Waals surface area contributed by atoms with Crippen LogP contribution < -0.4 is 5.32 Å². The van der Waals surface area contributed by atoms with Gasteiger partial charge in [0.05, 0.1) is 15.5 Å². The van der Waals surface area contributed by atoms with Gasteiger partial charge in [0.15, 0.2) is 0 Å². The van der Waals surface area contributed by atoms with Crippen LogP contribution in [0, 0.1) is 11.8 Å². The normalized spacial score (nSPS) is 11.0. The maximum atomic E-state index is 12.9. The number of nitrogens with zero attached hydrogens (tertiary/aromatic N) is 2. The summed E-state index contributed by atoms with van der Waals surface area (Å²) in [5.74, 6) is 5.45. The molecule has 0 spiro atoms. The van der Waals surface area contributed by atoms with E-state index in [4.69, 9.17) is 11.6 Å². The molecule has 0 unspecified atom stereocenters. The molecule has 0 fully saturated rings. The van der Waals surface area contributed by atoms with Gasteiger partial charge in [-0.3, -0.25) is 4.79 Å². The van der Waals surface area contributed by atoms with E-state index in [1.807, 2.05) is 18.2 Å². The van der Waals surface area contributed by atoms with Gasteiger partial charge in [-0.25, -0.2) is 13.4 Å². The van der Waals surface area contributed by atoms with Gasteiger partial charge in [0, 0.05) is 30.5 Å². The summed E-state index contributed by atoms with van der Waals surface area (Å²) in [5.41, 5.74) is 1.91. The van der Waals surface area contributed by atoms with Gasteiger partial charge in [0.25, 0.3) is 5.91 Å². The molecule has 1 N–H and O–H groups in total. The Morgan fingerprint density at radius 1 is 1.03 bits per heavy atom. The molecule has 3 aromatic rings. The number of sulfonamides is 1. The molecule has 0 aliphatic carbocycles. The van der Waals surface area contributed by atoms with Crippen LogP contribution in [0.15, 0.2) is 71.8 Å². The molecule has 6 nitrogen and oxygen atoms in total. The van der Waals surface area contributed by atoms with Crippen LogP contribution in [0.3, 0.4) is 0 Å². The molecule has 1 amide bonds. The van der Waals surface area contributed by atoms with E-state index in [-0.39, 0.29) is 15.5 Å². The van der Waals surface area contributed by atoms with Crippen LogP contribution >= 0.6 is 11.6 Å². The SMILES string of the molecule is CCN(CC)S(=O)(=O)c1ccc(Cl)c(C(=O)Nc2cccc(C#Cc3ccccn3)c2)c1. The first-order valence-electron chi connectivity index (χ1n) is 9.99. The van der Waals surface area contributed by atoms with Crippen LogP contribution in [-0.2, 0) is 10.0 Å². The number of hydrogen-bond acceptors (Lipinski definition) is 4. The molecule has 0 saturated carbocycles. The summed E-state index contributed by atoms with van der Waals surface area (Å²) in [6.07, 6.45) is 1.67. The second-order valence-electron chi connectivity index (χ2n) is 6.73. The molecule has 0 saturated heterocycles. The van der Waals surface area contributed by atoms with Crippen molar-refractivity contribution in [2.75, 3.05) is 18.4 Å². The van der Waals surface area contributed by atoms with Gasteiger partial charge in [-0.05, 0) is 54.5 Å².